The van der Waals surface area contributed by atoms with Gasteiger partial charge < -0.3 is 20.1 Å². The van der Waals surface area contributed by atoms with Crippen molar-refractivity contribution >= 4 is 16.8 Å². The standard InChI is InChI=1S/C19H24N2O3/c1-3-24-15-10-14(11-15)21-19(22)20-12-17-16-7-5-4-6-13(16)8-9-18(17)23-2/h4-9,14-15H,3,10-12H2,1-2H3,(H2,20,21,22). The topological polar surface area (TPSA) is 59.6 Å². The van der Waals surface area contributed by atoms with Crippen LogP contribution in [-0.2, 0) is 11.3 Å². The highest BCUT2D eigenvalue weighted by molar-refractivity contribution is 5.88. The van der Waals surface area contributed by atoms with Gasteiger partial charge in [0.1, 0.15) is 5.75 Å². The molecule has 24 heavy (non-hydrogen) atoms. The van der Waals surface area contributed by atoms with Gasteiger partial charge in [-0.1, -0.05) is 30.3 Å². The lowest BCUT2D eigenvalue weighted by atomic mass is 9.89. The largest absolute Gasteiger partial charge is 0.496 e. The summed E-state index contributed by atoms with van der Waals surface area (Å²) in [4.78, 5) is 12.1. The molecule has 2 amide bonds. The average molecular weight is 328 g/mol. The maximum absolute atomic E-state index is 12.1. The Morgan fingerprint density at radius 3 is 2.75 bits per heavy atom. The molecule has 1 aliphatic carbocycles. The van der Waals surface area contributed by atoms with Gasteiger partial charge in [-0.05, 0) is 36.6 Å². The Balaban J connectivity index is 1.60. The van der Waals surface area contributed by atoms with Gasteiger partial charge in [-0.3, -0.25) is 0 Å². The first-order chi connectivity index (χ1) is 11.7. The third-order valence-electron chi connectivity index (χ3n) is 4.48. The molecule has 1 saturated carbocycles. The maximum atomic E-state index is 12.1. The van der Waals surface area contributed by atoms with Gasteiger partial charge in [0.15, 0.2) is 0 Å². The summed E-state index contributed by atoms with van der Waals surface area (Å²) < 4.78 is 11.0. The molecule has 5 heteroatoms. The summed E-state index contributed by atoms with van der Waals surface area (Å²) in [5.74, 6) is 0.786. The van der Waals surface area contributed by atoms with Crippen LogP contribution >= 0.6 is 0 Å². The molecule has 2 aromatic carbocycles. The Morgan fingerprint density at radius 1 is 1.21 bits per heavy atom. The first-order valence-corrected chi connectivity index (χ1v) is 8.41. The lowest BCUT2D eigenvalue weighted by Crippen LogP contribution is -2.50. The number of nitrogens with one attached hydrogen (secondary N) is 2. The van der Waals surface area contributed by atoms with Gasteiger partial charge >= 0.3 is 6.03 Å². The fraction of sp³-hybridized carbons (Fsp3) is 0.421. The predicted molar refractivity (Wildman–Crippen MR) is 94.3 cm³/mol. The molecular weight excluding hydrogens is 304 g/mol. The van der Waals surface area contributed by atoms with Crippen molar-refractivity contribution in [2.75, 3.05) is 13.7 Å². The van der Waals surface area contributed by atoms with Crippen molar-refractivity contribution < 1.29 is 14.3 Å². The number of amides is 2. The monoisotopic (exact) mass is 328 g/mol. The van der Waals surface area contributed by atoms with E-state index in [1.165, 1.54) is 0 Å². The zero-order valence-corrected chi connectivity index (χ0v) is 14.2. The number of hydrogen-bond acceptors (Lipinski definition) is 3. The van der Waals surface area contributed by atoms with Crippen LogP contribution < -0.4 is 15.4 Å². The number of rotatable bonds is 6. The molecule has 0 radical (unpaired) electrons. The van der Waals surface area contributed by atoms with Crippen LogP contribution in [0.2, 0.25) is 0 Å². The summed E-state index contributed by atoms with van der Waals surface area (Å²) in [5.41, 5.74) is 0.992. The number of carbonyl (C=O) groups is 1. The van der Waals surface area contributed by atoms with E-state index in [2.05, 4.69) is 16.7 Å². The van der Waals surface area contributed by atoms with Gasteiger partial charge in [0, 0.05) is 24.8 Å². The Morgan fingerprint density at radius 2 is 2.00 bits per heavy atom. The van der Waals surface area contributed by atoms with Gasteiger partial charge in [-0.25, -0.2) is 4.79 Å². The van der Waals surface area contributed by atoms with Gasteiger partial charge in [-0.15, -0.1) is 0 Å². The molecule has 0 bridgehead atoms. The fourth-order valence-electron chi connectivity index (χ4n) is 3.15. The molecule has 5 nitrogen and oxygen atoms in total. The number of benzene rings is 2. The summed E-state index contributed by atoms with van der Waals surface area (Å²) >= 11 is 0. The highest BCUT2D eigenvalue weighted by Crippen LogP contribution is 2.28. The summed E-state index contributed by atoms with van der Waals surface area (Å²) in [6, 6.07) is 12.1. The second kappa shape index (κ2) is 7.53. The first kappa shape index (κ1) is 16.6. The van der Waals surface area contributed by atoms with Crippen LogP contribution in [0.1, 0.15) is 25.3 Å². The molecule has 2 aromatic rings. The van der Waals surface area contributed by atoms with E-state index >= 15 is 0 Å². The Labute approximate surface area is 142 Å². The number of urea groups is 1. The molecule has 0 atom stereocenters. The minimum absolute atomic E-state index is 0.148. The van der Waals surface area contributed by atoms with Gasteiger partial charge in [0.25, 0.3) is 0 Å². The van der Waals surface area contributed by atoms with Gasteiger partial charge in [0.05, 0.1) is 13.2 Å². The highest BCUT2D eigenvalue weighted by Gasteiger charge is 2.30. The van der Waals surface area contributed by atoms with E-state index in [1.807, 2.05) is 37.3 Å². The number of carbonyl (C=O) groups excluding carboxylic acids is 1. The van der Waals surface area contributed by atoms with Crippen LogP contribution in [-0.4, -0.2) is 31.9 Å². The van der Waals surface area contributed by atoms with E-state index in [-0.39, 0.29) is 12.1 Å². The minimum atomic E-state index is -0.148. The number of fused-ring (bicyclic) bond motifs is 1. The van der Waals surface area contributed by atoms with E-state index < -0.39 is 0 Å². The van der Waals surface area contributed by atoms with E-state index in [1.54, 1.807) is 7.11 Å². The predicted octanol–water partition coefficient (Wildman–Crippen LogP) is 3.22. The number of methoxy groups -OCH3 is 1. The average Bonchev–Trinajstić information content (AvgIpc) is 2.57. The lowest BCUT2D eigenvalue weighted by molar-refractivity contribution is -0.00709. The summed E-state index contributed by atoms with van der Waals surface area (Å²) in [5, 5.41) is 8.16. The second-order valence-corrected chi connectivity index (χ2v) is 6.04. The first-order valence-electron chi connectivity index (χ1n) is 8.41. The zero-order valence-electron chi connectivity index (χ0n) is 14.2. The molecule has 0 unspecified atom stereocenters. The molecule has 128 valence electrons. The molecule has 0 saturated heterocycles. The molecule has 0 spiro atoms. The Hall–Kier alpha value is -2.27. The van der Waals surface area contributed by atoms with Gasteiger partial charge in [0.2, 0.25) is 0 Å². The van der Waals surface area contributed by atoms with Gasteiger partial charge in [-0.2, -0.15) is 0 Å². The third-order valence-corrected chi connectivity index (χ3v) is 4.48. The molecule has 1 aliphatic rings. The Kier molecular flexibility index (Phi) is 5.20. The maximum Gasteiger partial charge on any atom is 0.315 e. The number of hydrogen-bond donors (Lipinski definition) is 2. The Bertz CT molecular complexity index is 711. The lowest BCUT2D eigenvalue weighted by Gasteiger charge is -2.35. The molecular formula is C19H24N2O3. The van der Waals surface area contributed by atoms with Crippen LogP contribution in [0.15, 0.2) is 36.4 Å². The summed E-state index contributed by atoms with van der Waals surface area (Å²) in [6.45, 7) is 3.15. The van der Waals surface area contributed by atoms with Crippen molar-refractivity contribution in [2.45, 2.75) is 38.5 Å². The van der Waals surface area contributed by atoms with E-state index in [4.69, 9.17) is 9.47 Å². The van der Waals surface area contributed by atoms with Crippen LogP contribution in [0.3, 0.4) is 0 Å². The van der Waals surface area contributed by atoms with Crippen molar-refractivity contribution in [3.63, 3.8) is 0 Å². The van der Waals surface area contributed by atoms with Crippen LogP contribution in [0.25, 0.3) is 10.8 Å². The summed E-state index contributed by atoms with van der Waals surface area (Å²) in [7, 11) is 1.65. The number of ether oxygens (including phenoxy) is 2. The normalized spacial score (nSPS) is 19.6. The molecule has 1 fully saturated rings. The zero-order chi connectivity index (χ0) is 16.9. The van der Waals surface area contributed by atoms with Crippen molar-refractivity contribution in [1.29, 1.82) is 0 Å². The highest BCUT2D eigenvalue weighted by atomic mass is 16.5. The molecule has 0 aromatic heterocycles. The molecule has 3 rings (SSSR count). The van der Waals surface area contributed by atoms with Crippen molar-refractivity contribution in [1.82, 2.24) is 10.6 Å². The smallest absolute Gasteiger partial charge is 0.315 e. The van der Waals surface area contributed by atoms with Crippen molar-refractivity contribution in [3.8, 4) is 5.75 Å². The van der Waals surface area contributed by atoms with E-state index in [0.717, 1.165) is 41.5 Å². The molecule has 0 aliphatic heterocycles. The van der Waals surface area contributed by atoms with Crippen molar-refractivity contribution in [3.05, 3.63) is 42.0 Å². The van der Waals surface area contributed by atoms with Crippen LogP contribution in [0.5, 0.6) is 5.75 Å². The van der Waals surface area contributed by atoms with Crippen molar-refractivity contribution in [2.24, 2.45) is 0 Å². The van der Waals surface area contributed by atoms with E-state index in [9.17, 15) is 4.79 Å². The quantitative estimate of drug-likeness (QED) is 0.856. The second-order valence-electron chi connectivity index (χ2n) is 6.04. The van der Waals surface area contributed by atoms with Crippen LogP contribution in [0, 0.1) is 0 Å². The SMILES string of the molecule is CCOC1CC(NC(=O)NCc2c(OC)ccc3ccccc23)C1. The fourth-order valence-corrected chi connectivity index (χ4v) is 3.15. The third kappa shape index (κ3) is 3.62. The summed E-state index contributed by atoms with van der Waals surface area (Å²) in [6.07, 6.45) is 2.07. The van der Waals surface area contributed by atoms with E-state index in [0.29, 0.717) is 12.6 Å². The minimum Gasteiger partial charge on any atom is -0.496 e. The van der Waals surface area contributed by atoms with Crippen LogP contribution in [0.4, 0.5) is 4.79 Å². The molecule has 0 heterocycles. The molecule has 2 N–H and O–H groups in total.